The lowest BCUT2D eigenvalue weighted by atomic mass is 9.76. The molecule has 132 valence electrons. The van der Waals surface area contributed by atoms with E-state index in [4.69, 9.17) is 11.6 Å². The number of hydrogen-bond acceptors (Lipinski definition) is 2. The molecule has 1 aliphatic carbocycles. The maximum Gasteiger partial charge on any atom is 0.326 e. The summed E-state index contributed by atoms with van der Waals surface area (Å²) in [6.07, 6.45) is 4.05. The molecular weight excluding hydrogens is 326 g/mol. The molecule has 1 aromatic carbocycles. The number of aliphatic carboxylic acids is 1. The maximum absolute atomic E-state index is 12.4. The van der Waals surface area contributed by atoms with E-state index in [1.807, 2.05) is 0 Å². The molecule has 0 heterocycles. The molecule has 4 nitrogen and oxygen atoms in total. The number of amides is 1. The first-order valence-corrected chi connectivity index (χ1v) is 9.02. The Kier molecular flexibility index (Phi) is 6.67. The van der Waals surface area contributed by atoms with Crippen molar-refractivity contribution in [3.8, 4) is 0 Å². The van der Waals surface area contributed by atoms with Gasteiger partial charge in [0, 0.05) is 17.4 Å². The van der Waals surface area contributed by atoms with Crippen LogP contribution in [-0.2, 0) is 16.0 Å². The number of nitrogens with one attached hydrogen (secondary N) is 1. The first kappa shape index (κ1) is 18.8. The second kappa shape index (κ2) is 8.52. The molecule has 0 saturated heterocycles. The molecule has 1 unspecified atom stereocenters. The highest BCUT2D eigenvalue weighted by atomic mass is 35.5. The smallest absolute Gasteiger partial charge is 0.326 e. The number of carbonyl (C=O) groups excluding carboxylic acids is 1. The summed E-state index contributed by atoms with van der Waals surface area (Å²) in [6, 6.07) is 6.13. The van der Waals surface area contributed by atoms with E-state index in [0.717, 1.165) is 31.2 Å². The van der Waals surface area contributed by atoms with Gasteiger partial charge >= 0.3 is 5.97 Å². The lowest BCUT2D eigenvalue weighted by Gasteiger charge is -2.30. The van der Waals surface area contributed by atoms with Crippen LogP contribution in [0, 0.1) is 17.8 Å². The van der Waals surface area contributed by atoms with E-state index in [1.54, 1.807) is 24.3 Å². The predicted octanol–water partition coefficient (Wildman–Crippen LogP) is 3.91. The zero-order chi connectivity index (χ0) is 17.7. The van der Waals surface area contributed by atoms with Crippen molar-refractivity contribution >= 4 is 23.5 Å². The molecule has 0 aromatic heterocycles. The number of carboxylic acid groups (broad SMARTS) is 1. The van der Waals surface area contributed by atoms with Crippen LogP contribution in [0.15, 0.2) is 24.3 Å². The minimum absolute atomic E-state index is 0.0629. The zero-order valence-corrected chi connectivity index (χ0v) is 15.1. The highest BCUT2D eigenvalue weighted by Gasteiger charge is 2.30. The molecule has 2 rings (SSSR count). The Hall–Kier alpha value is -1.55. The van der Waals surface area contributed by atoms with E-state index in [9.17, 15) is 14.7 Å². The third-order valence-corrected chi connectivity index (χ3v) is 5.31. The van der Waals surface area contributed by atoms with Crippen molar-refractivity contribution in [3.63, 3.8) is 0 Å². The van der Waals surface area contributed by atoms with Gasteiger partial charge in [0.15, 0.2) is 0 Å². The third kappa shape index (κ3) is 5.23. The van der Waals surface area contributed by atoms with Crippen LogP contribution < -0.4 is 5.32 Å². The third-order valence-electron chi connectivity index (χ3n) is 5.05. The highest BCUT2D eigenvalue weighted by Crippen LogP contribution is 2.33. The zero-order valence-electron chi connectivity index (χ0n) is 14.3. The van der Waals surface area contributed by atoms with Crippen LogP contribution >= 0.6 is 11.6 Å². The number of hydrogen-bond donors (Lipinski definition) is 2. The van der Waals surface area contributed by atoms with Crippen LogP contribution in [0.1, 0.15) is 45.1 Å². The Morgan fingerprint density at radius 2 is 1.75 bits per heavy atom. The molecule has 1 aromatic rings. The molecule has 1 saturated carbocycles. The minimum Gasteiger partial charge on any atom is -0.480 e. The fourth-order valence-electron chi connectivity index (χ4n) is 3.39. The number of carboxylic acids is 1. The van der Waals surface area contributed by atoms with Crippen LogP contribution in [-0.4, -0.2) is 23.0 Å². The summed E-state index contributed by atoms with van der Waals surface area (Å²) in [4.78, 5) is 23.9. The molecule has 24 heavy (non-hydrogen) atoms. The van der Waals surface area contributed by atoms with E-state index in [0.29, 0.717) is 16.9 Å². The number of carbonyl (C=O) groups is 2. The second-order valence-electron chi connectivity index (χ2n) is 7.09. The standard InChI is InChI=1S/C19H26ClNO3/c1-12(2)14-5-7-15(8-6-14)18(22)21-17(19(23)24)11-13-3-9-16(20)10-4-13/h3-4,9-10,12,14-15,17H,5-8,11H2,1-2H3,(H,21,22)(H,23,24). The molecule has 1 fully saturated rings. The summed E-state index contributed by atoms with van der Waals surface area (Å²) < 4.78 is 0. The Balaban J connectivity index is 1.92. The Morgan fingerprint density at radius 1 is 1.17 bits per heavy atom. The Bertz CT molecular complexity index is 562. The van der Waals surface area contributed by atoms with Gasteiger partial charge in [0.1, 0.15) is 6.04 Å². The number of benzene rings is 1. The van der Waals surface area contributed by atoms with Gasteiger partial charge in [0.25, 0.3) is 0 Å². The normalized spacial score (nSPS) is 22.2. The van der Waals surface area contributed by atoms with Gasteiger partial charge in [-0.25, -0.2) is 4.79 Å². The highest BCUT2D eigenvalue weighted by molar-refractivity contribution is 6.30. The SMILES string of the molecule is CC(C)C1CCC(C(=O)NC(Cc2ccc(Cl)cc2)C(=O)O)CC1. The van der Waals surface area contributed by atoms with Gasteiger partial charge in [0.2, 0.25) is 5.91 Å². The summed E-state index contributed by atoms with van der Waals surface area (Å²) in [7, 11) is 0. The van der Waals surface area contributed by atoms with E-state index in [2.05, 4.69) is 19.2 Å². The summed E-state index contributed by atoms with van der Waals surface area (Å²) >= 11 is 5.84. The number of rotatable bonds is 6. The van der Waals surface area contributed by atoms with E-state index in [1.165, 1.54) is 0 Å². The molecule has 1 aliphatic rings. The van der Waals surface area contributed by atoms with Crippen molar-refractivity contribution in [1.29, 1.82) is 0 Å². The lowest BCUT2D eigenvalue weighted by Crippen LogP contribution is -2.45. The van der Waals surface area contributed by atoms with Crippen molar-refractivity contribution < 1.29 is 14.7 Å². The van der Waals surface area contributed by atoms with Crippen molar-refractivity contribution in [1.82, 2.24) is 5.32 Å². The van der Waals surface area contributed by atoms with Crippen molar-refractivity contribution in [2.45, 2.75) is 52.0 Å². The quantitative estimate of drug-likeness (QED) is 0.816. The van der Waals surface area contributed by atoms with Crippen LogP contribution in [0.5, 0.6) is 0 Å². The lowest BCUT2D eigenvalue weighted by molar-refractivity contribution is -0.142. The molecule has 0 spiro atoms. The van der Waals surface area contributed by atoms with Gasteiger partial charge in [-0.3, -0.25) is 4.79 Å². The minimum atomic E-state index is -1.01. The van der Waals surface area contributed by atoms with Gasteiger partial charge in [-0.15, -0.1) is 0 Å². The summed E-state index contributed by atoms with van der Waals surface area (Å²) in [5, 5.41) is 12.7. The Labute approximate surface area is 148 Å². The monoisotopic (exact) mass is 351 g/mol. The van der Waals surface area contributed by atoms with Crippen LogP contribution in [0.3, 0.4) is 0 Å². The molecule has 1 atom stereocenters. The molecule has 0 radical (unpaired) electrons. The topological polar surface area (TPSA) is 66.4 Å². The van der Waals surface area contributed by atoms with E-state index >= 15 is 0 Å². The van der Waals surface area contributed by atoms with Gasteiger partial charge in [0.05, 0.1) is 0 Å². The van der Waals surface area contributed by atoms with Crippen LogP contribution in [0.4, 0.5) is 0 Å². The van der Waals surface area contributed by atoms with Crippen molar-refractivity contribution in [2.24, 2.45) is 17.8 Å². The molecule has 0 bridgehead atoms. The molecule has 0 aliphatic heterocycles. The second-order valence-corrected chi connectivity index (χ2v) is 7.52. The van der Waals surface area contributed by atoms with E-state index < -0.39 is 12.0 Å². The number of halogens is 1. The van der Waals surface area contributed by atoms with Crippen molar-refractivity contribution in [3.05, 3.63) is 34.9 Å². The molecule has 2 N–H and O–H groups in total. The predicted molar refractivity (Wildman–Crippen MR) is 95.0 cm³/mol. The average molecular weight is 352 g/mol. The summed E-state index contributed by atoms with van der Waals surface area (Å²) in [6.45, 7) is 4.44. The fraction of sp³-hybridized carbons (Fsp3) is 0.579. The van der Waals surface area contributed by atoms with Gasteiger partial charge in [-0.1, -0.05) is 37.6 Å². The van der Waals surface area contributed by atoms with E-state index in [-0.39, 0.29) is 18.2 Å². The summed E-state index contributed by atoms with van der Waals surface area (Å²) in [5.74, 6) is 0.129. The summed E-state index contributed by atoms with van der Waals surface area (Å²) in [5.41, 5.74) is 0.843. The largest absolute Gasteiger partial charge is 0.480 e. The average Bonchev–Trinajstić information content (AvgIpc) is 2.56. The van der Waals surface area contributed by atoms with Crippen LogP contribution in [0.2, 0.25) is 5.02 Å². The molecule has 1 amide bonds. The first-order valence-electron chi connectivity index (χ1n) is 8.64. The fourth-order valence-corrected chi connectivity index (χ4v) is 3.52. The van der Waals surface area contributed by atoms with Crippen molar-refractivity contribution in [2.75, 3.05) is 0 Å². The van der Waals surface area contributed by atoms with Gasteiger partial charge < -0.3 is 10.4 Å². The van der Waals surface area contributed by atoms with Crippen LogP contribution in [0.25, 0.3) is 0 Å². The van der Waals surface area contributed by atoms with Gasteiger partial charge in [-0.05, 0) is 55.2 Å². The molecule has 5 heteroatoms. The van der Waals surface area contributed by atoms with Gasteiger partial charge in [-0.2, -0.15) is 0 Å². The maximum atomic E-state index is 12.4. The Morgan fingerprint density at radius 3 is 2.25 bits per heavy atom. The first-order chi connectivity index (χ1) is 11.4. The molecular formula is C19H26ClNO3.